The second-order valence-corrected chi connectivity index (χ2v) is 4.53. The van der Waals surface area contributed by atoms with E-state index in [9.17, 15) is 0 Å². The summed E-state index contributed by atoms with van der Waals surface area (Å²) in [5.74, 6) is 0.266. The molecule has 0 aromatic rings. The number of hydrogen-bond acceptors (Lipinski definition) is 2. The van der Waals surface area contributed by atoms with Gasteiger partial charge in [-0.2, -0.15) is 0 Å². The van der Waals surface area contributed by atoms with E-state index < -0.39 is 9.76 Å². The normalized spacial score (nSPS) is 10.9. The van der Waals surface area contributed by atoms with Crippen molar-refractivity contribution in [3.8, 4) is 0 Å². The van der Waals surface area contributed by atoms with Crippen LogP contribution in [0.3, 0.4) is 0 Å². The summed E-state index contributed by atoms with van der Waals surface area (Å²) in [5, 5.41) is 8.46. The lowest BCUT2D eigenvalue weighted by Crippen LogP contribution is -1.94. The van der Waals surface area contributed by atoms with Gasteiger partial charge in [0.1, 0.15) is 10.5 Å². The van der Waals surface area contributed by atoms with Gasteiger partial charge >= 0.3 is 0 Å². The third-order valence-electron chi connectivity index (χ3n) is 0.595. The predicted octanol–water partition coefficient (Wildman–Crippen LogP) is -1.14. The molecule has 0 aliphatic rings. The molecule has 0 unspecified atom stereocenters. The standard InChI is InChI=1S/C3H10O2Si2/c1-3(4)2-7-5-6/h4H,1-2,7H2,6H3. The fourth-order valence-electron chi connectivity index (χ4n) is 0.220. The van der Waals surface area contributed by atoms with Crippen molar-refractivity contribution in [1.29, 1.82) is 0 Å². The van der Waals surface area contributed by atoms with Gasteiger partial charge < -0.3 is 9.22 Å². The minimum absolute atomic E-state index is 0.266. The molecule has 0 fully saturated rings. The molecule has 0 radical (unpaired) electrons. The van der Waals surface area contributed by atoms with Gasteiger partial charge in [-0.15, -0.1) is 0 Å². The SMILES string of the molecule is C=C(O)C[SiH2]O[SiH3]. The Kier molecular flexibility index (Phi) is 4.06. The van der Waals surface area contributed by atoms with E-state index in [1.807, 2.05) is 0 Å². The Hall–Kier alpha value is -0.0662. The van der Waals surface area contributed by atoms with Crippen molar-refractivity contribution < 1.29 is 9.22 Å². The number of rotatable bonds is 3. The summed E-state index contributed by atoms with van der Waals surface area (Å²) in [5.41, 5.74) is 0. The molecule has 0 atom stereocenters. The highest BCUT2D eigenvalue weighted by molar-refractivity contribution is 6.34. The molecule has 2 nitrogen and oxygen atoms in total. The summed E-state index contributed by atoms with van der Waals surface area (Å²) in [6, 6.07) is 0.712. The Morgan fingerprint density at radius 3 is 2.71 bits per heavy atom. The Morgan fingerprint density at radius 1 is 2.00 bits per heavy atom. The molecule has 0 bridgehead atoms. The predicted molar refractivity (Wildman–Crippen MR) is 36.1 cm³/mol. The molecule has 0 saturated heterocycles. The van der Waals surface area contributed by atoms with E-state index in [1.54, 1.807) is 0 Å². The van der Waals surface area contributed by atoms with Crippen molar-refractivity contribution in [3.05, 3.63) is 12.3 Å². The largest absolute Gasteiger partial charge is 0.513 e. The highest BCUT2D eigenvalue weighted by Gasteiger charge is 1.85. The summed E-state index contributed by atoms with van der Waals surface area (Å²) < 4.78 is 4.91. The van der Waals surface area contributed by atoms with Crippen LogP contribution in [0.4, 0.5) is 0 Å². The summed E-state index contributed by atoms with van der Waals surface area (Å²) >= 11 is 0. The molecule has 1 N–H and O–H groups in total. The van der Waals surface area contributed by atoms with Crippen molar-refractivity contribution >= 4 is 20.2 Å². The molecule has 42 valence electrons. The van der Waals surface area contributed by atoms with E-state index in [0.29, 0.717) is 6.04 Å². The average molecular weight is 134 g/mol. The van der Waals surface area contributed by atoms with Crippen molar-refractivity contribution in [1.82, 2.24) is 0 Å². The van der Waals surface area contributed by atoms with Crippen LogP contribution in [0.1, 0.15) is 0 Å². The van der Waals surface area contributed by atoms with Gasteiger partial charge in [0.05, 0.1) is 5.76 Å². The second-order valence-electron chi connectivity index (χ2n) is 1.31. The minimum Gasteiger partial charge on any atom is -0.513 e. The van der Waals surface area contributed by atoms with E-state index in [0.717, 1.165) is 10.5 Å². The molecule has 4 heteroatoms. The molecule has 0 aliphatic heterocycles. The zero-order valence-corrected chi connectivity index (χ0v) is 7.89. The van der Waals surface area contributed by atoms with E-state index in [-0.39, 0.29) is 5.76 Å². The maximum absolute atomic E-state index is 8.46. The highest BCUT2D eigenvalue weighted by Crippen LogP contribution is 1.88. The Morgan fingerprint density at radius 2 is 2.57 bits per heavy atom. The van der Waals surface area contributed by atoms with Crippen molar-refractivity contribution in [2.24, 2.45) is 0 Å². The van der Waals surface area contributed by atoms with Crippen LogP contribution in [0.5, 0.6) is 0 Å². The minimum atomic E-state index is -0.414. The quantitative estimate of drug-likeness (QED) is 0.390. The van der Waals surface area contributed by atoms with E-state index in [1.165, 1.54) is 0 Å². The molecule has 7 heavy (non-hydrogen) atoms. The van der Waals surface area contributed by atoms with E-state index in [2.05, 4.69) is 6.58 Å². The van der Waals surface area contributed by atoms with Gasteiger partial charge in [-0.25, -0.2) is 0 Å². The van der Waals surface area contributed by atoms with Gasteiger partial charge in [-0.1, -0.05) is 6.58 Å². The zero-order valence-electron chi connectivity index (χ0n) is 4.48. The number of allylic oxidation sites excluding steroid dienone is 1. The molecular formula is C3H10O2Si2. The smallest absolute Gasteiger partial charge is 0.153 e. The Balaban J connectivity index is 2.82. The topological polar surface area (TPSA) is 29.5 Å². The van der Waals surface area contributed by atoms with Gasteiger partial charge in [-0.3, -0.25) is 0 Å². The van der Waals surface area contributed by atoms with Gasteiger partial charge in [-0.05, 0) is 0 Å². The van der Waals surface area contributed by atoms with Crippen LogP contribution in [0.2, 0.25) is 6.04 Å². The third kappa shape index (κ3) is 5.93. The second kappa shape index (κ2) is 4.10. The number of hydrogen-bond donors (Lipinski definition) is 1. The first-order valence-corrected chi connectivity index (χ1v) is 4.52. The lowest BCUT2D eigenvalue weighted by Gasteiger charge is -1.92. The van der Waals surface area contributed by atoms with Gasteiger partial charge in [0.15, 0.2) is 9.76 Å². The zero-order chi connectivity index (χ0) is 5.70. The van der Waals surface area contributed by atoms with Gasteiger partial charge in [0.2, 0.25) is 0 Å². The van der Waals surface area contributed by atoms with Crippen molar-refractivity contribution in [3.63, 3.8) is 0 Å². The van der Waals surface area contributed by atoms with E-state index >= 15 is 0 Å². The van der Waals surface area contributed by atoms with Crippen molar-refractivity contribution in [2.75, 3.05) is 0 Å². The molecule has 0 rings (SSSR count). The maximum Gasteiger partial charge on any atom is 0.153 e. The van der Waals surface area contributed by atoms with Crippen LogP contribution in [-0.2, 0) is 4.12 Å². The first-order valence-electron chi connectivity index (χ1n) is 2.13. The average Bonchev–Trinajstić information content (AvgIpc) is 1.61. The monoisotopic (exact) mass is 134 g/mol. The lowest BCUT2D eigenvalue weighted by molar-refractivity contribution is 0.413. The summed E-state index contributed by atoms with van der Waals surface area (Å²) in [7, 11) is 0.390. The number of aliphatic hydroxyl groups is 1. The van der Waals surface area contributed by atoms with E-state index in [4.69, 9.17) is 9.22 Å². The molecule has 0 aromatic carbocycles. The van der Waals surface area contributed by atoms with Crippen LogP contribution >= 0.6 is 0 Å². The maximum atomic E-state index is 8.46. The highest BCUT2D eigenvalue weighted by atomic mass is 28.3. The Bertz CT molecular complexity index is 64.0. The number of aliphatic hydroxyl groups excluding tert-OH is 1. The van der Waals surface area contributed by atoms with Gasteiger partial charge in [0.25, 0.3) is 0 Å². The van der Waals surface area contributed by atoms with Crippen LogP contribution < -0.4 is 0 Å². The fourth-order valence-corrected chi connectivity index (χ4v) is 1.27. The lowest BCUT2D eigenvalue weighted by atomic mass is 10.7. The third-order valence-corrected chi connectivity index (χ3v) is 3.01. The molecular weight excluding hydrogens is 124 g/mol. The molecule has 0 heterocycles. The summed E-state index contributed by atoms with van der Waals surface area (Å²) in [4.78, 5) is 0. The van der Waals surface area contributed by atoms with Crippen LogP contribution in [-0.4, -0.2) is 25.4 Å². The van der Waals surface area contributed by atoms with Crippen molar-refractivity contribution in [2.45, 2.75) is 6.04 Å². The summed E-state index contributed by atoms with van der Waals surface area (Å²) in [6.45, 7) is 3.32. The molecule has 0 aliphatic carbocycles. The van der Waals surface area contributed by atoms with Gasteiger partial charge in [0, 0.05) is 6.04 Å². The Labute approximate surface area is 48.7 Å². The fraction of sp³-hybridized carbons (Fsp3) is 0.333. The first-order chi connectivity index (χ1) is 3.27. The van der Waals surface area contributed by atoms with Crippen LogP contribution in [0, 0.1) is 0 Å². The first kappa shape index (κ1) is 6.93. The van der Waals surface area contributed by atoms with Crippen LogP contribution in [0.15, 0.2) is 12.3 Å². The molecule has 0 amide bonds. The molecule has 0 aromatic heterocycles. The summed E-state index contributed by atoms with van der Waals surface area (Å²) in [6.07, 6.45) is 0. The van der Waals surface area contributed by atoms with Crippen LogP contribution in [0.25, 0.3) is 0 Å². The molecule has 0 spiro atoms. The molecule has 0 saturated carbocycles.